The molecule has 0 radical (unpaired) electrons. The number of aryl methyl sites for hydroxylation is 1. The van der Waals surface area contributed by atoms with Crippen molar-refractivity contribution in [3.05, 3.63) is 29.8 Å². The molecule has 0 aromatic heterocycles. The first-order valence-electron chi connectivity index (χ1n) is 8.23. The van der Waals surface area contributed by atoms with Gasteiger partial charge < -0.3 is 5.32 Å². The molecule has 6 heteroatoms. The lowest BCUT2D eigenvalue weighted by Crippen LogP contribution is -2.32. The summed E-state index contributed by atoms with van der Waals surface area (Å²) in [6, 6.07) is 6.99. The Balaban J connectivity index is 2.69. The Labute approximate surface area is 140 Å². The molecule has 0 heterocycles. The fourth-order valence-corrected chi connectivity index (χ4v) is 3.71. The lowest BCUT2D eigenvalue weighted by molar-refractivity contribution is -0.121. The van der Waals surface area contributed by atoms with Gasteiger partial charge in [-0.05, 0) is 37.5 Å². The summed E-state index contributed by atoms with van der Waals surface area (Å²) >= 11 is 0. The van der Waals surface area contributed by atoms with Crippen LogP contribution in [0.4, 0.5) is 0 Å². The summed E-state index contributed by atoms with van der Waals surface area (Å²) in [5, 5.41) is 2.92. The van der Waals surface area contributed by atoms with Crippen molar-refractivity contribution in [2.24, 2.45) is 0 Å². The first kappa shape index (κ1) is 19.6. The van der Waals surface area contributed by atoms with Crippen LogP contribution in [0.25, 0.3) is 0 Å². The molecule has 0 aliphatic rings. The van der Waals surface area contributed by atoms with Crippen molar-refractivity contribution in [2.75, 3.05) is 13.1 Å². The van der Waals surface area contributed by atoms with Gasteiger partial charge in [-0.15, -0.1) is 0 Å². The number of sulfonamides is 1. The van der Waals surface area contributed by atoms with Crippen LogP contribution in [0.5, 0.6) is 0 Å². The summed E-state index contributed by atoms with van der Waals surface area (Å²) < 4.78 is 26.2. The SMILES string of the molecule is CC[C@H](C)NC(=O)CCc1ccc(S(=O)(=O)N(CC)CC)cc1. The van der Waals surface area contributed by atoms with E-state index in [1.165, 1.54) is 4.31 Å². The van der Waals surface area contributed by atoms with Gasteiger partial charge in [0.25, 0.3) is 0 Å². The molecule has 23 heavy (non-hydrogen) atoms. The second-order valence-corrected chi connectivity index (χ2v) is 7.55. The Morgan fingerprint density at radius 2 is 1.70 bits per heavy atom. The van der Waals surface area contributed by atoms with E-state index in [1.807, 2.05) is 27.7 Å². The van der Waals surface area contributed by atoms with Crippen LogP contribution in [0.3, 0.4) is 0 Å². The fourth-order valence-electron chi connectivity index (χ4n) is 2.25. The smallest absolute Gasteiger partial charge is 0.243 e. The van der Waals surface area contributed by atoms with Crippen LogP contribution in [0, 0.1) is 0 Å². The van der Waals surface area contributed by atoms with Crippen molar-refractivity contribution in [3.63, 3.8) is 0 Å². The van der Waals surface area contributed by atoms with Crippen molar-refractivity contribution in [2.45, 2.75) is 57.9 Å². The van der Waals surface area contributed by atoms with Crippen LogP contribution in [0.1, 0.15) is 46.1 Å². The largest absolute Gasteiger partial charge is 0.354 e. The first-order valence-corrected chi connectivity index (χ1v) is 9.67. The van der Waals surface area contributed by atoms with Crippen molar-refractivity contribution in [3.8, 4) is 0 Å². The molecule has 0 unspecified atom stereocenters. The molecule has 1 rings (SSSR count). The Bertz CT molecular complexity index is 593. The van der Waals surface area contributed by atoms with Gasteiger partial charge in [-0.25, -0.2) is 8.42 Å². The van der Waals surface area contributed by atoms with Gasteiger partial charge >= 0.3 is 0 Å². The molecule has 130 valence electrons. The molecule has 0 saturated carbocycles. The highest BCUT2D eigenvalue weighted by Gasteiger charge is 2.21. The van der Waals surface area contributed by atoms with E-state index in [4.69, 9.17) is 0 Å². The molecular weight excluding hydrogens is 312 g/mol. The molecule has 0 saturated heterocycles. The number of hydrogen-bond donors (Lipinski definition) is 1. The second-order valence-electron chi connectivity index (χ2n) is 5.61. The summed E-state index contributed by atoms with van der Waals surface area (Å²) in [6.45, 7) is 8.56. The zero-order chi connectivity index (χ0) is 17.5. The van der Waals surface area contributed by atoms with Crippen LogP contribution in [0.15, 0.2) is 29.2 Å². The average molecular weight is 340 g/mol. The molecule has 1 aromatic carbocycles. The molecule has 1 aromatic rings. The van der Waals surface area contributed by atoms with Gasteiger partial charge in [0.15, 0.2) is 0 Å². The average Bonchev–Trinajstić information content (AvgIpc) is 2.54. The van der Waals surface area contributed by atoms with Crippen LogP contribution < -0.4 is 5.32 Å². The van der Waals surface area contributed by atoms with Gasteiger partial charge in [0.1, 0.15) is 0 Å². The summed E-state index contributed by atoms with van der Waals surface area (Å²) in [6.07, 6.45) is 1.92. The third kappa shape index (κ3) is 5.62. The highest BCUT2D eigenvalue weighted by molar-refractivity contribution is 7.89. The maximum Gasteiger partial charge on any atom is 0.243 e. The Morgan fingerprint density at radius 1 is 1.13 bits per heavy atom. The zero-order valence-electron chi connectivity index (χ0n) is 14.5. The lowest BCUT2D eigenvalue weighted by atomic mass is 10.1. The van der Waals surface area contributed by atoms with Crippen LogP contribution in [-0.4, -0.2) is 37.8 Å². The van der Waals surface area contributed by atoms with E-state index in [2.05, 4.69) is 5.32 Å². The number of amides is 1. The molecule has 1 N–H and O–H groups in total. The first-order chi connectivity index (χ1) is 10.8. The predicted octanol–water partition coefficient (Wildman–Crippen LogP) is 2.56. The monoisotopic (exact) mass is 340 g/mol. The maximum absolute atomic E-state index is 12.4. The number of rotatable bonds is 9. The van der Waals surface area contributed by atoms with Crippen molar-refractivity contribution >= 4 is 15.9 Å². The van der Waals surface area contributed by atoms with E-state index >= 15 is 0 Å². The predicted molar refractivity (Wildman–Crippen MR) is 92.8 cm³/mol. The second kappa shape index (κ2) is 9.03. The molecule has 0 spiro atoms. The molecular formula is C17H28N2O3S. The normalized spacial score (nSPS) is 13.1. The van der Waals surface area contributed by atoms with E-state index in [0.29, 0.717) is 30.8 Å². The van der Waals surface area contributed by atoms with Gasteiger partial charge in [-0.1, -0.05) is 32.9 Å². The number of carbonyl (C=O) groups is 1. The van der Waals surface area contributed by atoms with Crippen LogP contribution >= 0.6 is 0 Å². The van der Waals surface area contributed by atoms with E-state index < -0.39 is 10.0 Å². The highest BCUT2D eigenvalue weighted by atomic mass is 32.2. The zero-order valence-corrected chi connectivity index (χ0v) is 15.3. The topological polar surface area (TPSA) is 66.5 Å². The van der Waals surface area contributed by atoms with Gasteiger partial charge in [0.05, 0.1) is 4.90 Å². The minimum Gasteiger partial charge on any atom is -0.354 e. The fraction of sp³-hybridized carbons (Fsp3) is 0.588. The summed E-state index contributed by atoms with van der Waals surface area (Å²) in [7, 11) is -3.41. The lowest BCUT2D eigenvalue weighted by Gasteiger charge is -2.18. The number of nitrogens with zero attached hydrogens (tertiary/aromatic N) is 1. The number of benzene rings is 1. The number of carbonyl (C=O) groups excluding carboxylic acids is 1. The maximum atomic E-state index is 12.4. The molecule has 1 atom stereocenters. The van der Waals surface area contributed by atoms with Crippen molar-refractivity contribution in [1.29, 1.82) is 0 Å². The molecule has 1 amide bonds. The van der Waals surface area contributed by atoms with Crippen molar-refractivity contribution in [1.82, 2.24) is 9.62 Å². The van der Waals surface area contributed by atoms with E-state index in [9.17, 15) is 13.2 Å². The standard InChI is InChI=1S/C17H28N2O3S/c1-5-14(4)18-17(20)13-10-15-8-11-16(12-9-15)23(21,22)19(6-2)7-3/h8-9,11-12,14H,5-7,10,13H2,1-4H3,(H,18,20)/t14-/m0/s1. The quantitative estimate of drug-likeness (QED) is 0.751. The molecule has 0 aliphatic carbocycles. The number of nitrogens with one attached hydrogen (secondary N) is 1. The Kier molecular flexibility index (Phi) is 7.72. The van der Waals surface area contributed by atoms with Gasteiger partial charge in [-0.3, -0.25) is 4.79 Å². The van der Waals surface area contributed by atoms with Crippen LogP contribution in [-0.2, 0) is 21.2 Å². The van der Waals surface area contributed by atoms with Gasteiger partial charge in [0, 0.05) is 25.6 Å². The summed E-state index contributed by atoms with van der Waals surface area (Å²) in [5.74, 6) is 0.0270. The number of hydrogen-bond acceptors (Lipinski definition) is 3. The van der Waals surface area contributed by atoms with Gasteiger partial charge in [0.2, 0.25) is 15.9 Å². The van der Waals surface area contributed by atoms with E-state index in [0.717, 1.165) is 12.0 Å². The summed E-state index contributed by atoms with van der Waals surface area (Å²) in [5.41, 5.74) is 0.961. The third-order valence-electron chi connectivity index (χ3n) is 3.93. The molecule has 0 aliphatic heterocycles. The molecule has 0 fully saturated rings. The minimum atomic E-state index is -3.41. The van der Waals surface area contributed by atoms with E-state index in [-0.39, 0.29) is 11.9 Å². The van der Waals surface area contributed by atoms with Gasteiger partial charge in [-0.2, -0.15) is 4.31 Å². The highest BCUT2D eigenvalue weighted by Crippen LogP contribution is 2.16. The summed E-state index contributed by atoms with van der Waals surface area (Å²) in [4.78, 5) is 12.1. The van der Waals surface area contributed by atoms with Crippen LogP contribution in [0.2, 0.25) is 0 Å². The molecule has 5 nitrogen and oxygen atoms in total. The Morgan fingerprint density at radius 3 is 2.17 bits per heavy atom. The third-order valence-corrected chi connectivity index (χ3v) is 5.99. The minimum absolute atomic E-state index is 0.0270. The van der Waals surface area contributed by atoms with Crippen molar-refractivity contribution < 1.29 is 13.2 Å². The Hall–Kier alpha value is -1.40. The molecule has 0 bridgehead atoms. The van der Waals surface area contributed by atoms with E-state index in [1.54, 1.807) is 24.3 Å².